The van der Waals surface area contributed by atoms with E-state index in [1.165, 1.54) is 48.5 Å². The van der Waals surface area contributed by atoms with E-state index in [4.69, 9.17) is 8.83 Å². The minimum absolute atomic E-state index is 0.0456. The number of phenolic OH excluding ortho intramolecular Hbond substituents is 8. The molecule has 0 aliphatic rings. The highest BCUT2D eigenvalue weighted by Crippen LogP contribution is 2.34. The molecule has 42 heavy (non-hydrogen) atoms. The molecule has 0 aliphatic carbocycles. The maximum absolute atomic E-state index is 12.4. The summed E-state index contributed by atoms with van der Waals surface area (Å²) in [6.07, 6.45) is 2.32. The Kier molecular flexibility index (Phi) is 6.72. The minimum atomic E-state index is -0.515. The SMILES string of the molecule is O=c1c(-c2ccc(O)c(O)c2)coc2cc(O)cc(O)c12.O=c1c(-c2ccc(O)c(O)c2)coc2cc(O)cc(O)c12. The summed E-state index contributed by atoms with van der Waals surface area (Å²) >= 11 is 0. The molecule has 12 heteroatoms. The van der Waals surface area contributed by atoms with Crippen molar-refractivity contribution in [3.05, 3.63) is 93.6 Å². The van der Waals surface area contributed by atoms with Crippen LogP contribution in [0.15, 0.2) is 91.6 Å². The third-order valence-electron chi connectivity index (χ3n) is 6.26. The highest BCUT2D eigenvalue weighted by molar-refractivity contribution is 5.89. The zero-order chi connectivity index (χ0) is 30.3. The summed E-state index contributed by atoms with van der Waals surface area (Å²) in [5.74, 6) is -2.61. The van der Waals surface area contributed by atoms with E-state index in [2.05, 4.69) is 0 Å². The van der Waals surface area contributed by atoms with Gasteiger partial charge in [-0.1, -0.05) is 12.1 Å². The summed E-state index contributed by atoms with van der Waals surface area (Å²) in [5.41, 5.74) is -0.0643. The molecule has 2 heterocycles. The van der Waals surface area contributed by atoms with Crippen LogP contribution in [0.1, 0.15) is 0 Å². The van der Waals surface area contributed by atoms with Crippen molar-refractivity contribution in [1.82, 2.24) is 0 Å². The molecule has 0 amide bonds. The van der Waals surface area contributed by atoms with Crippen LogP contribution in [0.4, 0.5) is 0 Å². The van der Waals surface area contributed by atoms with Crippen molar-refractivity contribution < 1.29 is 49.7 Å². The lowest BCUT2D eigenvalue weighted by Gasteiger charge is -2.06. The number of phenols is 8. The number of benzene rings is 4. The first-order valence-corrected chi connectivity index (χ1v) is 11.9. The van der Waals surface area contributed by atoms with Gasteiger partial charge in [-0.3, -0.25) is 9.59 Å². The number of rotatable bonds is 2. The lowest BCUT2D eigenvalue weighted by Crippen LogP contribution is -2.04. The quantitative estimate of drug-likeness (QED) is 0.134. The molecule has 0 atom stereocenters. The first kappa shape index (κ1) is 27.3. The minimum Gasteiger partial charge on any atom is -0.508 e. The van der Waals surface area contributed by atoms with Gasteiger partial charge in [-0.15, -0.1) is 0 Å². The van der Waals surface area contributed by atoms with Crippen LogP contribution < -0.4 is 10.9 Å². The van der Waals surface area contributed by atoms with Gasteiger partial charge in [0.15, 0.2) is 23.0 Å². The van der Waals surface area contributed by atoms with Crippen LogP contribution >= 0.6 is 0 Å². The second-order valence-corrected chi connectivity index (χ2v) is 9.04. The van der Waals surface area contributed by atoms with E-state index in [9.17, 15) is 50.4 Å². The fraction of sp³-hybridized carbons (Fsp3) is 0. The van der Waals surface area contributed by atoms with Crippen LogP contribution in [-0.2, 0) is 0 Å². The highest BCUT2D eigenvalue weighted by atomic mass is 16.3. The fourth-order valence-electron chi connectivity index (χ4n) is 4.22. The van der Waals surface area contributed by atoms with Gasteiger partial charge in [0.1, 0.15) is 57.5 Å². The Morgan fingerprint density at radius 1 is 0.429 bits per heavy atom. The van der Waals surface area contributed by atoms with Gasteiger partial charge in [0, 0.05) is 24.3 Å². The van der Waals surface area contributed by atoms with Crippen LogP contribution in [0, 0.1) is 0 Å². The topological polar surface area (TPSA) is 222 Å². The standard InChI is InChI=1S/2C15H10O6/c2*16-8-4-12(19)14-13(5-8)21-6-9(15(14)20)7-1-2-10(17)11(18)3-7/h2*1-6,16-19H. The molecule has 8 N–H and O–H groups in total. The Labute approximate surface area is 233 Å². The molecule has 0 bridgehead atoms. The third kappa shape index (κ3) is 4.91. The summed E-state index contributed by atoms with van der Waals surface area (Å²) in [6.45, 7) is 0. The van der Waals surface area contributed by atoms with E-state index in [-0.39, 0.29) is 67.6 Å². The van der Waals surface area contributed by atoms with Crippen molar-refractivity contribution in [2.75, 3.05) is 0 Å². The van der Waals surface area contributed by atoms with E-state index < -0.39 is 22.4 Å². The summed E-state index contributed by atoms with van der Waals surface area (Å²) < 4.78 is 10.5. The molecular formula is C30H20O12. The molecule has 12 nitrogen and oxygen atoms in total. The molecule has 0 spiro atoms. The molecule has 0 unspecified atom stereocenters. The van der Waals surface area contributed by atoms with Crippen molar-refractivity contribution in [3.63, 3.8) is 0 Å². The predicted molar refractivity (Wildman–Crippen MR) is 149 cm³/mol. The van der Waals surface area contributed by atoms with Crippen molar-refractivity contribution in [3.8, 4) is 68.2 Å². The lowest BCUT2D eigenvalue weighted by atomic mass is 10.0. The Hall–Kier alpha value is -6.30. The average Bonchev–Trinajstić information content (AvgIpc) is 2.92. The molecule has 0 aliphatic heterocycles. The number of hydrogen-bond donors (Lipinski definition) is 8. The maximum Gasteiger partial charge on any atom is 0.204 e. The van der Waals surface area contributed by atoms with Gasteiger partial charge in [0.25, 0.3) is 0 Å². The van der Waals surface area contributed by atoms with Crippen molar-refractivity contribution in [1.29, 1.82) is 0 Å². The summed E-state index contributed by atoms with van der Waals surface area (Å²) in [7, 11) is 0. The van der Waals surface area contributed by atoms with Crippen LogP contribution in [0.3, 0.4) is 0 Å². The van der Waals surface area contributed by atoms with Gasteiger partial charge < -0.3 is 49.7 Å². The Morgan fingerprint density at radius 3 is 1.17 bits per heavy atom. The molecule has 6 aromatic rings. The molecular weight excluding hydrogens is 552 g/mol. The fourth-order valence-corrected chi connectivity index (χ4v) is 4.22. The van der Waals surface area contributed by atoms with Crippen LogP contribution in [0.25, 0.3) is 44.2 Å². The smallest absolute Gasteiger partial charge is 0.204 e. The van der Waals surface area contributed by atoms with E-state index in [1.807, 2.05) is 0 Å². The monoisotopic (exact) mass is 572 g/mol. The number of fused-ring (bicyclic) bond motifs is 2. The molecule has 2 aromatic heterocycles. The Morgan fingerprint density at radius 2 is 0.810 bits per heavy atom. The van der Waals surface area contributed by atoms with Crippen molar-refractivity contribution in [2.45, 2.75) is 0 Å². The van der Waals surface area contributed by atoms with Gasteiger partial charge in [-0.2, -0.15) is 0 Å². The van der Waals surface area contributed by atoms with Gasteiger partial charge in [0.2, 0.25) is 10.9 Å². The second-order valence-electron chi connectivity index (χ2n) is 9.04. The van der Waals surface area contributed by atoms with E-state index in [1.54, 1.807) is 0 Å². The first-order chi connectivity index (χ1) is 19.9. The zero-order valence-electron chi connectivity index (χ0n) is 21.1. The second kappa shape index (κ2) is 10.4. The van der Waals surface area contributed by atoms with Gasteiger partial charge in [0.05, 0.1) is 11.1 Å². The molecule has 4 aromatic carbocycles. The number of hydrogen-bond acceptors (Lipinski definition) is 12. The van der Waals surface area contributed by atoms with Crippen LogP contribution in [0.5, 0.6) is 46.0 Å². The van der Waals surface area contributed by atoms with Gasteiger partial charge in [-0.25, -0.2) is 0 Å². The van der Waals surface area contributed by atoms with Gasteiger partial charge >= 0.3 is 0 Å². The Balaban J connectivity index is 0.000000168. The molecule has 0 fully saturated rings. The largest absolute Gasteiger partial charge is 0.508 e. The lowest BCUT2D eigenvalue weighted by molar-refractivity contribution is 0.404. The molecule has 212 valence electrons. The molecule has 0 saturated carbocycles. The van der Waals surface area contributed by atoms with E-state index in [0.717, 1.165) is 24.7 Å². The normalized spacial score (nSPS) is 10.9. The van der Waals surface area contributed by atoms with Crippen LogP contribution in [0.2, 0.25) is 0 Å². The summed E-state index contributed by atoms with van der Waals surface area (Å²) in [4.78, 5) is 24.8. The maximum atomic E-state index is 12.4. The van der Waals surface area contributed by atoms with Crippen molar-refractivity contribution >= 4 is 21.9 Å². The van der Waals surface area contributed by atoms with Gasteiger partial charge in [-0.05, 0) is 35.4 Å². The summed E-state index contributed by atoms with van der Waals surface area (Å²) in [6, 6.07) is 12.3. The van der Waals surface area contributed by atoms with E-state index >= 15 is 0 Å². The number of aromatic hydroxyl groups is 8. The average molecular weight is 572 g/mol. The molecule has 6 rings (SSSR count). The van der Waals surface area contributed by atoms with Crippen molar-refractivity contribution in [2.24, 2.45) is 0 Å². The Bertz CT molecular complexity index is 1970. The molecule has 0 saturated heterocycles. The third-order valence-corrected chi connectivity index (χ3v) is 6.26. The van der Waals surface area contributed by atoms with Crippen LogP contribution in [-0.4, -0.2) is 40.9 Å². The van der Waals surface area contributed by atoms with E-state index in [0.29, 0.717) is 11.1 Å². The zero-order valence-corrected chi connectivity index (χ0v) is 21.1. The summed E-state index contributed by atoms with van der Waals surface area (Å²) in [5, 5.41) is 75.7. The highest BCUT2D eigenvalue weighted by Gasteiger charge is 2.16. The first-order valence-electron chi connectivity index (χ1n) is 11.9. The predicted octanol–water partition coefficient (Wildman–Crippen LogP) is 4.56. The molecule has 0 radical (unpaired) electrons.